The minimum Gasteiger partial charge on any atom is -0.294 e. The van der Waals surface area contributed by atoms with E-state index in [-0.39, 0.29) is 32.0 Å². The van der Waals surface area contributed by atoms with Crippen LogP contribution in [0.25, 0.3) is 0 Å². The average Bonchev–Trinajstić information content (AvgIpc) is 3.19. The van der Waals surface area contributed by atoms with Crippen molar-refractivity contribution in [3.05, 3.63) is 53.5 Å². The number of benzene rings is 1. The van der Waals surface area contributed by atoms with Crippen LogP contribution in [0.3, 0.4) is 0 Å². The molecule has 91 valence electrons. The van der Waals surface area contributed by atoms with Gasteiger partial charge in [-0.3, -0.25) is 19.3 Å². The summed E-state index contributed by atoms with van der Waals surface area (Å²) in [5.74, 6) is -0.638. The van der Waals surface area contributed by atoms with Crippen molar-refractivity contribution >= 4 is 17.6 Å². The summed E-state index contributed by atoms with van der Waals surface area (Å²) >= 11 is 0. The van der Waals surface area contributed by atoms with Gasteiger partial charge in [0.05, 0.1) is 11.1 Å². The van der Waals surface area contributed by atoms with Gasteiger partial charge in [-0.25, -0.2) is 0 Å². The van der Waals surface area contributed by atoms with Crippen LogP contribution in [0.1, 0.15) is 28.6 Å². The number of nitrogens with zero attached hydrogens (tertiary/aromatic N) is 1. The quantitative estimate of drug-likeness (QED) is 0.754. The maximum atomic E-state index is 12.0. The van der Waals surface area contributed by atoms with E-state index < -0.39 is 0 Å². The standard InChI is InChI=1S/C14H10NO3.H2/c16-12(9-5-6-9)7-8-15-13(17)10-3-1-2-4-11(10)14(15)18;/h1-6H,7-8H2;1H. The fraction of sp³-hybridized carbons (Fsp3) is 0.143. The summed E-state index contributed by atoms with van der Waals surface area (Å²) in [6, 6.07) is 6.72. The Hall–Kier alpha value is -2.23. The molecule has 3 rings (SSSR count). The third-order valence-corrected chi connectivity index (χ3v) is 3.10. The van der Waals surface area contributed by atoms with Crippen LogP contribution in [-0.2, 0) is 4.79 Å². The first-order chi connectivity index (χ1) is 8.68. The maximum absolute atomic E-state index is 12.0. The van der Waals surface area contributed by atoms with Crippen LogP contribution in [-0.4, -0.2) is 29.0 Å². The second kappa shape index (κ2) is 3.91. The molecule has 0 unspecified atom stereocenters. The fourth-order valence-electron chi connectivity index (χ4n) is 2.03. The molecule has 1 aromatic carbocycles. The summed E-state index contributed by atoms with van der Waals surface area (Å²) in [5, 5.41) is 0. The molecular weight excluding hydrogens is 230 g/mol. The molecule has 0 atom stereocenters. The SMILES string of the molecule is O=C(CCN1C(=O)c2ccccc2C1=O)C1=C[CH]1.[HH]. The first kappa shape index (κ1) is 10.9. The van der Waals surface area contributed by atoms with Crippen LogP contribution >= 0.6 is 0 Å². The number of hydrogen-bond acceptors (Lipinski definition) is 3. The summed E-state index contributed by atoms with van der Waals surface area (Å²) < 4.78 is 0. The van der Waals surface area contributed by atoms with Crippen molar-refractivity contribution in [2.24, 2.45) is 0 Å². The minimum atomic E-state index is -0.308. The van der Waals surface area contributed by atoms with E-state index in [4.69, 9.17) is 0 Å². The van der Waals surface area contributed by atoms with Crippen LogP contribution in [0, 0.1) is 6.42 Å². The van der Waals surface area contributed by atoms with Crippen LogP contribution in [0.15, 0.2) is 35.9 Å². The van der Waals surface area contributed by atoms with Gasteiger partial charge in [-0.05, 0) is 17.7 Å². The molecule has 18 heavy (non-hydrogen) atoms. The van der Waals surface area contributed by atoms with Crippen molar-refractivity contribution in [3.8, 4) is 0 Å². The predicted molar refractivity (Wildman–Crippen MR) is 65.9 cm³/mol. The highest BCUT2D eigenvalue weighted by Gasteiger charge is 2.35. The first-order valence-corrected chi connectivity index (χ1v) is 5.72. The van der Waals surface area contributed by atoms with E-state index in [1.165, 1.54) is 0 Å². The first-order valence-electron chi connectivity index (χ1n) is 5.72. The summed E-state index contributed by atoms with van der Waals surface area (Å²) in [5.41, 5.74) is 1.53. The zero-order valence-corrected chi connectivity index (χ0v) is 9.55. The zero-order chi connectivity index (χ0) is 12.7. The molecule has 1 aromatic rings. The number of fused-ring (bicyclic) bond motifs is 1. The molecule has 0 saturated carbocycles. The largest absolute Gasteiger partial charge is 0.294 e. The Morgan fingerprint density at radius 2 is 1.67 bits per heavy atom. The molecule has 0 bridgehead atoms. The number of carbonyl (C=O) groups is 3. The average molecular weight is 242 g/mol. The minimum absolute atomic E-state index is 0. The third-order valence-electron chi connectivity index (χ3n) is 3.10. The Kier molecular flexibility index (Phi) is 2.37. The number of hydrogen-bond donors (Lipinski definition) is 0. The van der Waals surface area contributed by atoms with Gasteiger partial charge < -0.3 is 0 Å². The van der Waals surface area contributed by atoms with Gasteiger partial charge in [-0.2, -0.15) is 0 Å². The predicted octanol–water partition coefficient (Wildman–Crippen LogP) is 1.63. The Bertz CT molecular complexity index is 571. The van der Waals surface area contributed by atoms with E-state index in [2.05, 4.69) is 0 Å². The van der Waals surface area contributed by atoms with Crippen LogP contribution in [0.5, 0.6) is 0 Å². The van der Waals surface area contributed by atoms with Crippen LogP contribution in [0.2, 0.25) is 0 Å². The van der Waals surface area contributed by atoms with Crippen molar-refractivity contribution in [2.45, 2.75) is 6.42 Å². The lowest BCUT2D eigenvalue weighted by atomic mass is 10.1. The molecule has 1 heterocycles. The number of rotatable bonds is 4. The molecule has 0 N–H and O–H groups in total. The second-order valence-electron chi connectivity index (χ2n) is 4.27. The lowest BCUT2D eigenvalue weighted by Crippen LogP contribution is -2.31. The van der Waals surface area contributed by atoms with E-state index in [1.54, 1.807) is 36.8 Å². The van der Waals surface area contributed by atoms with Gasteiger partial charge >= 0.3 is 0 Å². The van der Waals surface area contributed by atoms with Crippen molar-refractivity contribution in [2.75, 3.05) is 6.54 Å². The van der Waals surface area contributed by atoms with Gasteiger partial charge in [0, 0.05) is 20.8 Å². The van der Waals surface area contributed by atoms with Crippen molar-refractivity contribution < 1.29 is 15.8 Å². The van der Waals surface area contributed by atoms with Gasteiger partial charge in [0.1, 0.15) is 0 Å². The smallest absolute Gasteiger partial charge is 0.261 e. The highest BCUT2D eigenvalue weighted by atomic mass is 16.2. The van der Waals surface area contributed by atoms with Crippen molar-refractivity contribution in [1.82, 2.24) is 4.90 Å². The lowest BCUT2D eigenvalue weighted by molar-refractivity contribution is -0.115. The monoisotopic (exact) mass is 242 g/mol. The number of ketones is 1. The van der Waals surface area contributed by atoms with Crippen LogP contribution in [0.4, 0.5) is 0 Å². The Morgan fingerprint density at radius 1 is 1.11 bits per heavy atom. The Labute approximate surface area is 105 Å². The zero-order valence-electron chi connectivity index (χ0n) is 9.55. The number of carbonyl (C=O) groups excluding carboxylic acids is 3. The van der Waals surface area contributed by atoms with E-state index in [0.717, 1.165) is 4.90 Å². The molecule has 1 aliphatic carbocycles. The topological polar surface area (TPSA) is 54.5 Å². The van der Waals surface area contributed by atoms with Gasteiger partial charge in [-0.15, -0.1) is 0 Å². The van der Waals surface area contributed by atoms with Gasteiger partial charge in [0.25, 0.3) is 11.8 Å². The Balaban J connectivity index is 0.00000133. The van der Waals surface area contributed by atoms with E-state index in [0.29, 0.717) is 16.7 Å². The van der Waals surface area contributed by atoms with E-state index in [1.807, 2.05) is 0 Å². The third kappa shape index (κ3) is 1.66. The molecular formula is C14H12NO3. The normalized spacial score (nSPS) is 16.7. The molecule has 2 amide bonds. The molecule has 0 aromatic heterocycles. The number of amides is 2. The summed E-state index contributed by atoms with van der Waals surface area (Å²) in [4.78, 5) is 36.6. The molecule has 1 aliphatic heterocycles. The Morgan fingerprint density at radius 3 is 2.17 bits per heavy atom. The van der Waals surface area contributed by atoms with Crippen molar-refractivity contribution in [3.63, 3.8) is 0 Å². The van der Waals surface area contributed by atoms with E-state index in [9.17, 15) is 14.4 Å². The second-order valence-corrected chi connectivity index (χ2v) is 4.27. The van der Waals surface area contributed by atoms with Crippen LogP contribution < -0.4 is 0 Å². The molecule has 1 radical (unpaired) electrons. The molecule has 4 heteroatoms. The summed E-state index contributed by atoms with van der Waals surface area (Å²) in [6.07, 6.45) is 3.64. The number of imide groups is 1. The van der Waals surface area contributed by atoms with Gasteiger partial charge in [-0.1, -0.05) is 18.2 Å². The summed E-state index contributed by atoms with van der Waals surface area (Å²) in [6.45, 7) is 0.149. The number of Topliss-reactive ketones (excluding diaryl/α,β-unsaturated/α-hetero) is 1. The van der Waals surface area contributed by atoms with E-state index >= 15 is 0 Å². The maximum Gasteiger partial charge on any atom is 0.261 e. The fourth-order valence-corrected chi connectivity index (χ4v) is 2.03. The summed E-state index contributed by atoms with van der Waals surface area (Å²) in [7, 11) is 0. The molecule has 0 fully saturated rings. The lowest BCUT2D eigenvalue weighted by Gasteiger charge is -2.12. The van der Waals surface area contributed by atoms with Gasteiger partial charge in [0.15, 0.2) is 5.78 Å². The highest BCUT2D eigenvalue weighted by molar-refractivity contribution is 6.21. The van der Waals surface area contributed by atoms with Gasteiger partial charge in [0.2, 0.25) is 0 Å². The number of allylic oxidation sites excluding steroid dienone is 2. The molecule has 0 saturated heterocycles. The highest BCUT2D eigenvalue weighted by Crippen LogP contribution is 2.24. The molecule has 0 spiro atoms. The molecule has 4 nitrogen and oxygen atoms in total. The molecule has 2 aliphatic rings. The van der Waals surface area contributed by atoms with Crippen molar-refractivity contribution in [1.29, 1.82) is 0 Å².